The van der Waals surface area contributed by atoms with Gasteiger partial charge in [-0.3, -0.25) is 0 Å². The molecule has 22 heavy (non-hydrogen) atoms. The molecule has 3 heteroatoms. The zero-order valence-corrected chi connectivity index (χ0v) is 13.5. The summed E-state index contributed by atoms with van der Waals surface area (Å²) in [4.78, 5) is 13.2. The van der Waals surface area contributed by atoms with E-state index >= 15 is 0 Å². The highest BCUT2D eigenvalue weighted by Gasteiger charge is 2.40. The van der Waals surface area contributed by atoms with Crippen LogP contribution in [0.1, 0.15) is 25.0 Å². The Bertz CT molecular complexity index is 721. The van der Waals surface area contributed by atoms with Crippen LogP contribution in [0.5, 0.6) is 0 Å². The molecule has 0 N–H and O–H groups in total. The van der Waals surface area contributed by atoms with E-state index in [0.29, 0.717) is 6.61 Å². The summed E-state index contributed by atoms with van der Waals surface area (Å²) >= 11 is 1.78. The average molecular weight is 310 g/mol. The predicted molar refractivity (Wildman–Crippen MR) is 90.7 cm³/mol. The van der Waals surface area contributed by atoms with Gasteiger partial charge in [0.2, 0.25) is 0 Å². The van der Waals surface area contributed by atoms with Crippen molar-refractivity contribution in [1.29, 1.82) is 0 Å². The average Bonchev–Trinajstić information content (AvgIpc) is 2.82. The van der Waals surface area contributed by atoms with Crippen LogP contribution in [-0.4, -0.2) is 12.6 Å². The van der Waals surface area contributed by atoms with Gasteiger partial charge in [-0.25, -0.2) is 4.79 Å². The molecule has 0 amide bonds. The van der Waals surface area contributed by atoms with Crippen molar-refractivity contribution in [2.45, 2.75) is 23.5 Å². The molecule has 0 bridgehead atoms. The topological polar surface area (TPSA) is 26.3 Å². The first-order valence-electron chi connectivity index (χ1n) is 7.38. The second-order valence-electron chi connectivity index (χ2n) is 5.31. The molecule has 0 radical (unpaired) electrons. The first kappa shape index (κ1) is 14.9. The number of thioether (sulfide) groups is 1. The normalized spacial score (nSPS) is 21.6. The zero-order valence-electron chi connectivity index (χ0n) is 12.7. The highest BCUT2D eigenvalue weighted by Crippen LogP contribution is 2.58. The molecule has 1 aliphatic heterocycles. The van der Waals surface area contributed by atoms with E-state index in [1.165, 1.54) is 10.5 Å². The van der Waals surface area contributed by atoms with Gasteiger partial charge in [0.25, 0.3) is 0 Å². The van der Waals surface area contributed by atoms with Gasteiger partial charge in [0, 0.05) is 11.0 Å². The Balaban J connectivity index is 2.13. The van der Waals surface area contributed by atoms with Crippen LogP contribution < -0.4 is 0 Å². The third-order valence-corrected chi connectivity index (χ3v) is 5.32. The van der Waals surface area contributed by atoms with Crippen LogP contribution in [-0.2, 0) is 14.3 Å². The monoisotopic (exact) mass is 310 g/mol. The molecule has 1 aliphatic rings. The summed E-state index contributed by atoms with van der Waals surface area (Å²) in [6, 6.07) is 18.5. The van der Waals surface area contributed by atoms with Crippen LogP contribution in [0.3, 0.4) is 0 Å². The third kappa shape index (κ3) is 2.57. The number of carbonyl (C=O) groups is 1. The van der Waals surface area contributed by atoms with Gasteiger partial charge in [0.05, 0.1) is 11.4 Å². The largest absolute Gasteiger partial charge is 0.463 e. The lowest BCUT2D eigenvalue weighted by Crippen LogP contribution is -2.16. The van der Waals surface area contributed by atoms with Crippen LogP contribution in [0, 0.1) is 0 Å². The second kappa shape index (κ2) is 6.01. The Labute approximate surface area is 135 Å². The maximum Gasteiger partial charge on any atom is 0.331 e. The summed E-state index contributed by atoms with van der Waals surface area (Å²) in [7, 11) is 0. The fourth-order valence-corrected chi connectivity index (χ4v) is 4.21. The van der Waals surface area contributed by atoms with Gasteiger partial charge in [-0.05, 0) is 36.6 Å². The number of hydrogen-bond acceptors (Lipinski definition) is 3. The van der Waals surface area contributed by atoms with Crippen LogP contribution in [0.15, 0.2) is 65.6 Å². The lowest BCUT2D eigenvalue weighted by Gasteiger charge is -2.26. The van der Waals surface area contributed by atoms with Gasteiger partial charge in [-0.15, -0.1) is 11.8 Å². The first-order chi connectivity index (χ1) is 10.6. The molecule has 2 nitrogen and oxygen atoms in total. The molecule has 112 valence electrons. The van der Waals surface area contributed by atoms with Crippen molar-refractivity contribution in [1.82, 2.24) is 0 Å². The Morgan fingerprint density at radius 2 is 1.82 bits per heavy atom. The number of rotatable bonds is 3. The minimum absolute atomic E-state index is 0.280. The maximum atomic E-state index is 12.0. The first-order valence-corrected chi connectivity index (χ1v) is 8.19. The SMILES string of the molecule is CCOC(=O)/C=C1/c2ccccc2SC1(C)c1ccccc1. The quantitative estimate of drug-likeness (QED) is 0.609. The summed E-state index contributed by atoms with van der Waals surface area (Å²) in [5.74, 6) is -0.281. The Kier molecular flexibility index (Phi) is 4.08. The molecular weight excluding hydrogens is 292 g/mol. The summed E-state index contributed by atoms with van der Waals surface area (Å²) in [6.45, 7) is 4.38. The van der Waals surface area contributed by atoms with Crippen molar-refractivity contribution >= 4 is 23.3 Å². The molecular formula is C19H18O2S. The van der Waals surface area contributed by atoms with Crippen molar-refractivity contribution < 1.29 is 9.53 Å². The minimum atomic E-state index is -0.281. The molecule has 1 heterocycles. The van der Waals surface area contributed by atoms with E-state index in [-0.39, 0.29) is 10.7 Å². The van der Waals surface area contributed by atoms with Gasteiger partial charge >= 0.3 is 5.97 Å². The number of esters is 1. The molecule has 0 spiro atoms. The summed E-state index contributed by atoms with van der Waals surface area (Å²) in [6.07, 6.45) is 1.65. The summed E-state index contributed by atoms with van der Waals surface area (Å²) in [5.41, 5.74) is 3.32. The van der Waals surface area contributed by atoms with Crippen LogP contribution in [0.2, 0.25) is 0 Å². The third-order valence-electron chi connectivity index (χ3n) is 3.88. The summed E-state index contributed by atoms with van der Waals surface area (Å²) in [5, 5.41) is 0. The molecule has 1 atom stereocenters. The Morgan fingerprint density at radius 1 is 1.14 bits per heavy atom. The van der Waals surface area contributed by atoms with Crippen LogP contribution in [0.25, 0.3) is 5.57 Å². The molecule has 0 saturated heterocycles. The molecule has 0 saturated carbocycles. The highest BCUT2D eigenvalue weighted by molar-refractivity contribution is 8.01. The number of hydrogen-bond donors (Lipinski definition) is 0. The molecule has 3 rings (SSSR count). The van der Waals surface area contributed by atoms with Gasteiger partial charge in [0.1, 0.15) is 0 Å². The lowest BCUT2D eigenvalue weighted by molar-refractivity contribution is -0.137. The smallest absolute Gasteiger partial charge is 0.331 e. The van der Waals surface area contributed by atoms with E-state index < -0.39 is 0 Å². The zero-order chi connectivity index (χ0) is 15.6. The second-order valence-corrected chi connectivity index (χ2v) is 6.77. The lowest BCUT2D eigenvalue weighted by atomic mass is 9.87. The molecule has 0 aromatic heterocycles. The van der Waals surface area contributed by atoms with E-state index in [2.05, 4.69) is 31.2 Å². The molecule has 2 aromatic rings. The molecule has 0 aliphatic carbocycles. The molecule has 1 unspecified atom stereocenters. The van der Waals surface area contributed by atoms with Crippen molar-refractivity contribution in [2.24, 2.45) is 0 Å². The van der Waals surface area contributed by atoms with Crippen molar-refractivity contribution in [3.8, 4) is 0 Å². The van der Waals surface area contributed by atoms with Gasteiger partial charge < -0.3 is 4.74 Å². The van der Waals surface area contributed by atoms with Crippen LogP contribution in [0.4, 0.5) is 0 Å². The van der Waals surface area contributed by atoms with Crippen LogP contribution >= 0.6 is 11.8 Å². The predicted octanol–water partition coefficient (Wildman–Crippen LogP) is 4.65. The van der Waals surface area contributed by atoms with Crippen molar-refractivity contribution in [2.75, 3.05) is 6.61 Å². The fraction of sp³-hybridized carbons (Fsp3) is 0.211. The fourth-order valence-electron chi connectivity index (χ4n) is 2.80. The molecule has 0 fully saturated rings. The standard InChI is InChI=1S/C19H18O2S/c1-3-21-18(20)13-16-15-11-7-8-12-17(15)22-19(16,2)14-9-5-4-6-10-14/h4-13H,3H2,1-2H3/b16-13-. The maximum absolute atomic E-state index is 12.0. The van der Waals surface area contributed by atoms with E-state index in [4.69, 9.17) is 4.74 Å². The number of benzene rings is 2. The number of carbonyl (C=O) groups excluding carboxylic acids is 1. The molecule has 2 aromatic carbocycles. The number of ether oxygens (including phenoxy) is 1. The highest BCUT2D eigenvalue weighted by atomic mass is 32.2. The van der Waals surface area contributed by atoms with Gasteiger partial charge in [-0.2, -0.15) is 0 Å². The minimum Gasteiger partial charge on any atom is -0.463 e. The Morgan fingerprint density at radius 3 is 2.55 bits per heavy atom. The van der Waals surface area contributed by atoms with Gasteiger partial charge in [-0.1, -0.05) is 48.5 Å². The van der Waals surface area contributed by atoms with Gasteiger partial charge in [0.15, 0.2) is 0 Å². The van der Waals surface area contributed by atoms with E-state index in [9.17, 15) is 4.79 Å². The van der Waals surface area contributed by atoms with E-state index in [1.54, 1.807) is 17.8 Å². The summed E-state index contributed by atoms with van der Waals surface area (Å²) < 4.78 is 4.84. The van der Waals surface area contributed by atoms with E-state index in [1.807, 2.05) is 37.3 Å². The number of fused-ring (bicyclic) bond motifs is 1. The van der Waals surface area contributed by atoms with E-state index in [0.717, 1.165) is 11.1 Å². The Hall–Kier alpha value is -2.00. The van der Waals surface area contributed by atoms with Crippen molar-refractivity contribution in [3.05, 3.63) is 71.8 Å². The van der Waals surface area contributed by atoms with Crippen molar-refractivity contribution in [3.63, 3.8) is 0 Å².